The van der Waals surface area contributed by atoms with Crippen molar-refractivity contribution in [3.05, 3.63) is 0 Å². The van der Waals surface area contributed by atoms with Crippen molar-refractivity contribution in [1.29, 1.82) is 0 Å². The molecule has 1 unspecified atom stereocenters. The van der Waals surface area contributed by atoms with E-state index in [0.717, 1.165) is 12.8 Å². The lowest BCUT2D eigenvalue weighted by molar-refractivity contribution is -0.132. The number of amides is 2. The van der Waals surface area contributed by atoms with E-state index in [1.165, 1.54) is 25.7 Å². The minimum Gasteiger partial charge on any atom is -0.347 e. The molecule has 5 nitrogen and oxygen atoms in total. The van der Waals surface area contributed by atoms with Crippen molar-refractivity contribution in [2.24, 2.45) is 17.6 Å². The summed E-state index contributed by atoms with van der Waals surface area (Å²) in [5.41, 5.74) is 5.98. The standard InChI is InChI=1S/C17H33N3O2/c1-13(2)15(18)10-11-20(3)17(22)12-19-16(21)9-8-14-6-4-5-7-14/h13-15H,4-12,18H2,1-3H3,(H,19,21). The summed E-state index contributed by atoms with van der Waals surface area (Å²) in [5, 5.41) is 2.74. The third kappa shape index (κ3) is 7.25. The Morgan fingerprint density at radius 1 is 1.27 bits per heavy atom. The molecule has 0 saturated heterocycles. The molecule has 22 heavy (non-hydrogen) atoms. The molecule has 0 heterocycles. The minimum absolute atomic E-state index is 0.00691. The molecule has 128 valence electrons. The van der Waals surface area contributed by atoms with Crippen molar-refractivity contribution in [1.82, 2.24) is 10.2 Å². The number of nitrogens with one attached hydrogen (secondary N) is 1. The van der Waals surface area contributed by atoms with Gasteiger partial charge in [-0.3, -0.25) is 9.59 Å². The Morgan fingerprint density at radius 3 is 2.50 bits per heavy atom. The van der Waals surface area contributed by atoms with Gasteiger partial charge in [0.1, 0.15) is 0 Å². The van der Waals surface area contributed by atoms with E-state index in [4.69, 9.17) is 5.73 Å². The van der Waals surface area contributed by atoms with Crippen LogP contribution in [0.15, 0.2) is 0 Å². The molecule has 0 aromatic heterocycles. The monoisotopic (exact) mass is 311 g/mol. The van der Waals surface area contributed by atoms with Gasteiger partial charge >= 0.3 is 0 Å². The first kappa shape index (κ1) is 18.9. The fraction of sp³-hybridized carbons (Fsp3) is 0.882. The molecule has 1 fully saturated rings. The highest BCUT2D eigenvalue weighted by Gasteiger charge is 2.17. The van der Waals surface area contributed by atoms with Gasteiger partial charge in [0, 0.05) is 26.1 Å². The van der Waals surface area contributed by atoms with Crippen LogP contribution in [-0.4, -0.2) is 42.9 Å². The number of hydrogen-bond acceptors (Lipinski definition) is 3. The Labute approximate surface area is 135 Å². The summed E-state index contributed by atoms with van der Waals surface area (Å²) < 4.78 is 0. The first-order valence-corrected chi connectivity index (χ1v) is 8.66. The van der Waals surface area contributed by atoms with E-state index in [1.807, 2.05) is 0 Å². The number of likely N-dealkylation sites (N-methyl/N-ethyl adjacent to an activating group) is 1. The van der Waals surface area contributed by atoms with Crippen molar-refractivity contribution in [3.8, 4) is 0 Å². The van der Waals surface area contributed by atoms with Crippen molar-refractivity contribution < 1.29 is 9.59 Å². The van der Waals surface area contributed by atoms with Crippen molar-refractivity contribution in [2.45, 2.75) is 64.8 Å². The van der Waals surface area contributed by atoms with Crippen LogP contribution in [0.5, 0.6) is 0 Å². The highest BCUT2D eigenvalue weighted by Crippen LogP contribution is 2.28. The Morgan fingerprint density at radius 2 is 1.91 bits per heavy atom. The maximum atomic E-state index is 12.0. The third-order valence-electron chi connectivity index (χ3n) is 4.77. The summed E-state index contributed by atoms with van der Waals surface area (Å²) in [5.74, 6) is 1.07. The molecule has 0 bridgehead atoms. The predicted molar refractivity (Wildman–Crippen MR) is 89.3 cm³/mol. The highest BCUT2D eigenvalue weighted by molar-refractivity contribution is 5.84. The number of carbonyl (C=O) groups is 2. The van der Waals surface area contributed by atoms with Crippen LogP contribution in [0.3, 0.4) is 0 Å². The quantitative estimate of drug-likeness (QED) is 0.683. The lowest BCUT2D eigenvalue weighted by Crippen LogP contribution is -2.40. The third-order valence-corrected chi connectivity index (χ3v) is 4.77. The van der Waals surface area contributed by atoms with Gasteiger partial charge in [0.05, 0.1) is 6.54 Å². The second kappa shape index (κ2) is 9.82. The zero-order valence-corrected chi connectivity index (χ0v) is 14.4. The van der Waals surface area contributed by atoms with Crippen LogP contribution < -0.4 is 11.1 Å². The van der Waals surface area contributed by atoms with E-state index in [9.17, 15) is 9.59 Å². The summed E-state index contributed by atoms with van der Waals surface area (Å²) >= 11 is 0. The van der Waals surface area contributed by atoms with Crippen LogP contribution in [0, 0.1) is 11.8 Å². The van der Waals surface area contributed by atoms with Crippen LogP contribution in [0.2, 0.25) is 0 Å². The van der Waals surface area contributed by atoms with Crippen LogP contribution in [0.1, 0.15) is 58.8 Å². The van der Waals surface area contributed by atoms with E-state index < -0.39 is 0 Å². The molecule has 0 spiro atoms. The second-order valence-corrected chi connectivity index (χ2v) is 6.98. The van der Waals surface area contributed by atoms with Crippen LogP contribution >= 0.6 is 0 Å². The first-order chi connectivity index (χ1) is 10.4. The summed E-state index contributed by atoms with van der Waals surface area (Å²) in [6, 6.07) is 0.108. The summed E-state index contributed by atoms with van der Waals surface area (Å²) in [6.07, 6.45) is 7.40. The highest BCUT2D eigenvalue weighted by atomic mass is 16.2. The average molecular weight is 311 g/mol. The van der Waals surface area contributed by atoms with Gasteiger partial charge in [-0.05, 0) is 24.7 Å². The fourth-order valence-electron chi connectivity index (χ4n) is 2.83. The molecule has 1 atom stereocenters. The number of nitrogens with zero attached hydrogens (tertiary/aromatic N) is 1. The SMILES string of the molecule is CC(C)C(N)CCN(C)C(=O)CNC(=O)CCC1CCCC1. The van der Waals surface area contributed by atoms with Crippen LogP contribution in [0.25, 0.3) is 0 Å². The Hall–Kier alpha value is -1.10. The zero-order valence-electron chi connectivity index (χ0n) is 14.4. The topological polar surface area (TPSA) is 75.4 Å². The molecule has 0 radical (unpaired) electrons. The molecule has 1 aliphatic carbocycles. The van der Waals surface area contributed by atoms with Gasteiger partial charge in [-0.2, -0.15) is 0 Å². The lowest BCUT2D eigenvalue weighted by atomic mass is 10.0. The van der Waals surface area contributed by atoms with Crippen molar-refractivity contribution in [3.63, 3.8) is 0 Å². The zero-order chi connectivity index (χ0) is 16.5. The van der Waals surface area contributed by atoms with Gasteiger partial charge in [-0.15, -0.1) is 0 Å². The summed E-state index contributed by atoms with van der Waals surface area (Å²) in [6.45, 7) is 4.89. The predicted octanol–water partition coefficient (Wildman–Crippen LogP) is 1.90. The van der Waals surface area contributed by atoms with Gasteiger partial charge in [0.25, 0.3) is 0 Å². The molecular weight excluding hydrogens is 278 g/mol. The average Bonchev–Trinajstić information content (AvgIpc) is 3.00. The van der Waals surface area contributed by atoms with Gasteiger partial charge in [0.15, 0.2) is 0 Å². The molecule has 0 aromatic carbocycles. The molecule has 1 aliphatic rings. The van der Waals surface area contributed by atoms with E-state index in [1.54, 1.807) is 11.9 Å². The fourth-order valence-corrected chi connectivity index (χ4v) is 2.83. The number of rotatable bonds is 9. The summed E-state index contributed by atoms with van der Waals surface area (Å²) in [4.78, 5) is 25.4. The molecule has 5 heteroatoms. The normalized spacial score (nSPS) is 16.8. The molecule has 3 N–H and O–H groups in total. The van der Waals surface area contributed by atoms with Crippen LogP contribution in [0.4, 0.5) is 0 Å². The summed E-state index contributed by atoms with van der Waals surface area (Å²) in [7, 11) is 1.76. The van der Waals surface area contributed by atoms with Gasteiger partial charge in [-0.25, -0.2) is 0 Å². The second-order valence-electron chi connectivity index (χ2n) is 6.98. The largest absolute Gasteiger partial charge is 0.347 e. The number of hydrogen-bond donors (Lipinski definition) is 2. The number of nitrogens with two attached hydrogens (primary N) is 1. The van der Waals surface area contributed by atoms with Crippen molar-refractivity contribution in [2.75, 3.05) is 20.1 Å². The molecule has 0 aliphatic heterocycles. The Kier molecular flexibility index (Phi) is 8.46. The van der Waals surface area contributed by atoms with E-state index in [2.05, 4.69) is 19.2 Å². The smallest absolute Gasteiger partial charge is 0.241 e. The van der Waals surface area contributed by atoms with E-state index in [-0.39, 0.29) is 24.4 Å². The molecule has 2 amide bonds. The Bertz CT molecular complexity index is 352. The van der Waals surface area contributed by atoms with Gasteiger partial charge in [-0.1, -0.05) is 39.5 Å². The van der Waals surface area contributed by atoms with E-state index >= 15 is 0 Å². The first-order valence-electron chi connectivity index (χ1n) is 8.66. The number of carbonyl (C=O) groups excluding carboxylic acids is 2. The van der Waals surface area contributed by atoms with Gasteiger partial charge < -0.3 is 16.0 Å². The molecule has 1 saturated carbocycles. The molecule has 1 rings (SSSR count). The lowest BCUT2D eigenvalue weighted by Gasteiger charge is -2.21. The molecule has 0 aromatic rings. The minimum atomic E-state index is -0.0508. The van der Waals surface area contributed by atoms with Crippen LogP contribution in [-0.2, 0) is 9.59 Å². The molecular formula is C17H33N3O2. The van der Waals surface area contributed by atoms with Crippen molar-refractivity contribution >= 4 is 11.8 Å². The van der Waals surface area contributed by atoms with Gasteiger partial charge in [0.2, 0.25) is 11.8 Å². The van der Waals surface area contributed by atoms with E-state index in [0.29, 0.717) is 24.8 Å². The maximum absolute atomic E-state index is 12.0. The maximum Gasteiger partial charge on any atom is 0.241 e. The Balaban J connectivity index is 2.13.